The highest BCUT2D eigenvalue weighted by atomic mass is 32.2. The Labute approximate surface area is 103 Å². The van der Waals surface area contributed by atoms with Crippen LogP contribution in [0.3, 0.4) is 0 Å². The van der Waals surface area contributed by atoms with Gasteiger partial charge in [0, 0.05) is 12.6 Å². The van der Waals surface area contributed by atoms with E-state index in [1.807, 2.05) is 12.1 Å². The fraction of sp³-hybridized carbons (Fsp3) is 0.538. The van der Waals surface area contributed by atoms with E-state index in [0.717, 1.165) is 18.4 Å². The van der Waals surface area contributed by atoms with Crippen molar-refractivity contribution in [1.82, 2.24) is 5.32 Å². The molecule has 1 fully saturated rings. The molecule has 1 heterocycles. The standard InChI is InChI=1S/C13H19NO2S/c1-2-3-11-4-6-12(7-5-11)13-10-17(15,16)9-8-14-13/h4-7,13-14H,2-3,8-10H2,1H3. The molecule has 0 bridgehead atoms. The quantitative estimate of drug-likeness (QED) is 0.892. The first-order valence-electron chi connectivity index (χ1n) is 6.13. The van der Waals surface area contributed by atoms with E-state index in [0.29, 0.717) is 6.54 Å². The predicted octanol–water partition coefficient (Wildman–Crippen LogP) is 1.70. The molecule has 3 nitrogen and oxygen atoms in total. The number of hydrogen-bond acceptors (Lipinski definition) is 3. The molecule has 0 aromatic heterocycles. The summed E-state index contributed by atoms with van der Waals surface area (Å²) in [5.74, 6) is 0.484. The predicted molar refractivity (Wildman–Crippen MR) is 69.8 cm³/mol. The highest BCUT2D eigenvalue weighted by molar-refractivity contribution is 7.91. The van der Waals surface area contributed by atoms with Gasteiger partial charge in [0.1, 0.15) is 0 Å². The fourth-order valence-corrected chi connectivity index (χ4v) is 3.62. The van der Waals surface area contributed by atoms with Crippen LogP contribution in [0, 0.1) is 0 Å². The van der Waals surface area contributed by atoms with Gasteiger partial charge in [-0.2, -0.15) is 0 Å². The normalized spacial score (nSPS) is 23.5. The van der Waals surface area contributed by atoms with Crippen LogP contribution < -0.4 is 5.32 Å². The molecule has 0 amide bonds. The topological polar surface area (TPSA) is 46.2 Å². The first kappa shape index (κ1) is 12.6. The lowest BCUT2D eigenvalue weighted by molar-refractivity contribution is 0.531. The SMILES string of the molecule is CCCc1ccc(C2CS(=O)(=O)CCN2)cc1. The van der Waals surface area contributed by atoms with Gasteiger partial charge in [-0.3, -0.25) is 0 Å². The molecule has 1 N–H and O–H groups in total. The fourth-order valence-electron chi connectivity index (χ4n) is 2.20. The lowest BCUT2D eigenvalue weighted by Crippen LogP contribution is -2.39. The number of hydrogen-bond donors (Lipinski definition) is 1. The van der Waals surface area contributed by atoms with E-state index >= 15 is 0 Å². The molecule has 1 unspecified atom stereocenters. The third kappa shape index (κ3) is 3.30. The van der Waals surface area contributed by atoms with Crippen LogP contribution in [0.1, 0.15) is 30.5 Å². The molecule has 1 saturated heterocycles. The van der Waals surface area contributed by atoms with Gasteiger partial charge in [-0.15, -0.1) is 0 Å². The van der Waals surface area contributed by atoms with E-state index in [2.05, 4.69) is 24.4 Å². The van der Waals surface area contributed by atoms with Crippen molar-refractivity contribution >= 4 is 9.84 Å². The molecule has 94 valence electrons. The summed E-state index contributed by atoms with van der Waals surface area (Å²) in [6, 6.07) is 8.25. The lowest BCUT2D eigenvalue weighted by Gasteiger charge is -2.24. The van der Waals surface area contributed by atoms with Gasteiger partial charge in [0.25, 0.3) is 0 Å². The van der Waals surface area contributed by atoms with Crippen LogP contribution in [0.2, 0.25) is 0 Å². The average Bonchev–Trinajstić information content (AvgIpc) is 2.29. The Morgan fingerprint density at radius 3 is 2.59 bits per heavy atom. The van der Waals surface area contributed by atoms with Gasteiger partial charge in [-0.05, 0) is 17.5 Å². The molecule has 4 heteroatoms. The highest BCUT2D eigenvalue weighted by Gasteiger charge is 2.25. The molecule has 1 aromatic rings. The van der Waals surface area contributed by atoms with E-state index in [4.69, 9.17) is 0 Å². The minimum absolute atomic E-state index is 0.0376. The van der Waals surface area contributed by atoms with Gasteiger partial charge in [0.05, 0.1) is 11.5 Å². The van der Waals surface area contributed by atoms with Crippen LogP contribution >= 0.6 is 0 Å². The smallest absolute Gasteiger partial charge is 0.153 e. The number of benzene rings is 1. The number of rotatable bonds is 3. The second kappa shape index (κ2) is 5.19. The maximum Gasteiger partial charge on any atom is 0.153 e. The first-order chi connectivity index (χ1) is 8.11. The Kier molecular flexibility index (Phi) is 3.84. The zero-order valence-corrected chi connectivity index (χ0v) is 11.0. The third-order valence-electron chi connectivity index (χ3n) is 3.15. The monoisotopic (exact) mass is 253 g/mol. The minimum atomic E-state index is -2.86. The van der Waals surface area contributed by atoms with Gasteiger partial charge in [-0.25, -0.2) is 8.42 Å². The Morgan fingerprint density at radius 1 is 1.29 bits per heavy atom. The van der Waals surface area contributed by atoms with Crippen molar-refractivity contribution in [3.63, 3.8) is 0 Å². The van der Waals surface area contributed by atoms with Crippen molar-refractivity contribution in [2.24, 2.45) is 0 Å². The maximum absolute atomic E-state index is 11.6. The van der Waals surface area contributed by atoms with Gasteiger partial charge in [0.2, 0.25) is 0 Å². The molecule has 1 aliphatic rings. The van der Waals surface area contributed by atoms with Gasteiger partial charge in [0.15, 0.2) is 9.84 Å². The second-order valence-corrected chi connectivity index (χ2v) is 6.84. The highest BCUT2D eigenvalue weighted by Crippen LogP contribution is 2.19. The van der Waals surface area contributed by atoms with Crippen LogP contribution in [0.15, 0.2) is 24.3 Å². The van der Waals surface area contributed by atoms with Crippen molar-refractivity contribution in [2.75, 3.05) is 18.1 Å². The van der Waals surface area contributed by atoms with Crippen molar-refractivity contribution in [3.05, 3.63) is 35.4 Å². The molecule has 0 radical (unpaired) electrons. The largest absolute Gasteiger partial charge is 0.308 e. The van der Waals surface area contributed by atoms with Crippen LogP contribution in [0.4, 0.5) is 0 Å². The van der Waals surface area contributed by atoms with Gasteiger partial charge < -0.3 is 5.32 Å². The number of nitrogens with one attached hydrogen (secondary N) is 1. The zero-order valence-electron chi connectivity index (χ0n) is 10.1. The summed E-state index contributed by atoms with van der Waals surface area (Å²) < 4.78 is 23.1. The van der Waals surface area contributed by atoms with E-state index in [-0.39, 0.29) is 17.5 Å². The maximum atomic E-state index is 11.6. The molecule has 17 heavy (non-hydrogen) atoms. The van der Waals surface area contributed by atoms with Crippen molar-refractivity contribution in [3.8, 4) is 0 Å². The Hall–Kier alpha value is -0.870. The molecule has 0 saturated carbocycles. The minimum Gasteiger partial charge on any atom is -0.308 e. The Balaban J connectivity index is 2.11. The van der Waals surface area contributed by atoms with E-state index in [9.17, 15) is 8.42 Å². The lowest BCUT2D eigenvalue weighted by atomic mass is 10.0. The first-order valence-corrected chi connectivity index (χ1v) is 7.95. The summed E-state index contributed by atoms with van der Waals surface area (Å²) in [7, 11) is -2.86. The molecule has 0 aliphatic carbocycles. The van der Waals surface area contributed by atoms with Crippen LogP contribution in [0.25, 0.3) is 0 Å². The summed E-state index contributed by atoms with van der Waals surface area (Å²) >= 11 is 0. The summed E-state index contributed by atoms with van der Waals surface area (Å²) in [4.78, 5) is 0. The zero-order chi connectivity index (χ0) is 12.3. The molecule has 2 rings (SSSR count). The molecular weight excluding hydrogens is 234 g/mol. The van der Waals surface area contributed by atoms with Crippen LogP contribution in [-0.4, -0.2) is 26.5 Å². The second-order valence-electron chi connectivity index (χ2n) is 4.61. The van der Waals surface area contributed by atoms with Gasteiger partial charge >= 0.3 is 0 Å². The summed E-state index contributed by atoms with van der Waals surface area (Å²) in [5, 5.41) is 3.26. The van der Waals surface area contributed by atoms with Gasteiger partial charge in [-0.1, -0.05) is 37.6 Å². The molecule has 1 atom stereocenters. The van der Waals surface area contributed by atoms with Crippen LogP contribution in [-0.2, 0) is 16.3 Å². The van der Waals surface area contributed by atoms with E-state index < -0.39 is 9.84 Å². The van der Waals surface area contributed by atoms with Crippen molar-refractivity contribution in [2.45, 2.75) is 25.8 Å². The van der Waals surface area contributed by atoms with E-state index in [1.54, 1.807) is 0 Å². The van der Waals surface area contributed by atoms with E-state index in [1.165, 1.54) is 5.56 Å². The Bertz CT molecular complexity index is 465. The summed E-state index contributed by atoms with van der Waals surface area (Å²) in [6.45, 7) is 2.72. The molecular formula is C13H19NO2S. The van der Waals surface area contributed by atoms with Crippen molar-refractivity contribution < 1.29 is 8.42 Å². The summed E-state index contributed by atoms with van der Waals surface area (Å²) in [5.41, 5.74) is 2.39. The third-order valence-corrected chi connectivity index (χ3v) is 4.81. The molecule has 1 aromatic carbocycles. The summed E-state index contributed by atoms with van der Waals surface area (Å²) in [6.07, 6.45) is 2.21. The molecule has 0 spiro atoms. The number of aryl methyl sites for hydroxylation is 1. The number of sulfone groups is 1. The van der Waals surface area contributed by atoms with Crippen molar-refractivity contribution in [1.29, 1.82) is 0 Å². The van der Waals surface area contributed by atoms with Crippen LogP contribution in [0.5, 0.6) is 0 Å². The molecule has 1 aliphatic heterocycles. The average molecular weight is 253 g/mol. The Morgan fingerprint density at radius 2 is 2.00 bits per heavy atom.